The van der Waals surface area contributed by atoms with Gasteiger partial charge in [-0.1, -0.05) is 13.3 Å². The Labute approximate surface area is 68.6 Å². The number of hydrogen-bond donors (Lipinski definition) is 1. The van der Waals surface area contributed by atoms with E-state index >= 15 is 0 Å². The molecule has 11 heavy (non-hydrogen) atoms. The average Bonchev–Trinajstić information content (AvgIpc) is 2.02. The molecule has 0 heterocycles. The minimum Gasteiger partial charge on any atom is -0.342 e. The Bertz CT molecular complexity index is 125. The van der Waals surface area contributed by atoms with Gasteiger partial charge in [0.1, 0.15) is 0 Å². The van der Waals surface area contributed by atoms with Crippen LogP contribution in [0, 0.1) is 0 Å². The molecule has 0 saturated heterocycles. The third kappa shape index (κ3) is 3.37. The van der Waals surface area contributed by atoms with Gasteiger partial charge in [-0.15, -0.1) is 0 Å². The molecule has 0 spiro atoms. The first kappa shape index (κ1) is 10.4. The molecule has 3 nitrogen and oxygen atoms in total. The predicted octanol–water partition coefficient (Wildman–Crippen LogP) is 0.592. The van der Waals surface area contributed by atoms with Crippen molar-refractivity contribution in [3.8, 4) is 0 Å². The zero-order valence-electron chi connectivity index (χ0n) is 7.63. The van der Waals surface area contributed by atoms with Crippen LogP contribution in [0.1, 0.15) is 26.7 Å². The number of amides is 1. The van der Waals surface area contributed by atoms with Crippen LogP contribution < -0.4 is 5.73 Å². The van der Waals surface area contributed by atoms with Gasteiger partial charge in [-0.05, 0) is 13.3 Å². The number of likely N-dealkylation sites (N-methyl/N-ethyl adjacent to an activating group) is 1. The summed E-state index contributed by atoms with van der Waals surface area (Å²) in [7, 11) is 1.80. The van der Waals surface area contributed by atoms with Gasteiger partial charge in [-0.25, -0.2) is 0 Å². The molecule has 0 aliphatic rings. The summed E-state index contributed by atoms with van der Waals surface area (Å²) in [6.07, 6.45) is 2.14. The maximum atomic E-state index is 11.0. The van der Waals surface area contributed by atoms with Crippen LogP contribution in [0.5, 0.6) is 0 Å². The number of nitrogens with zero attached hydrogens (tertiary/aromatic N) is 1. The minimum atomic E-state index is 0.0194. The number of rotatable bonds is 4. The Kier molecular flexibility index (Phi) is 4.86. The second kappa shape index (κ2) is 5.13. The summed E-state index contributed by atoms with van der Waals surface area (Å²) in [5, 5.41) is 0. The molecule has 0 aromatic rings. The molecule has 0 unspecified atom stereocenters. The van der Waals surface area contributed by atoms with E-state index in [0.29, 0.717) is 6.04 Å². The summed E-state index contributed by atoms with van der Waals surface area (Å²) < 4.78 is 0. The monoisotopic (exact) mass is 158 g/mol. The number of carbonyl (C=O) groups excluding carboxylic acids is 1. The van der Waals surface area contributed by atoms with Crippen molar-refractivity contribution in [3.05, 3.63) is 0 Å². The molecule has 0 aliphatic carbocycles. The van der Waals surface area contributed by atoms with Gasteiger partial charge < -0.3 is 10.6 Å². The molecule has 0 rings (SSSR count). The van der Waals surface area contributed by atoms with Crippen molar-refractivity contribution in [2.24, 2.45) is 5.73 Å². The Morgan fingerprint density at radius 2 is 2.18 bits per heavy atom. The van der Waals surface area contributed by atoms with Crippen LogP contribution in [0.3, 0.4) is 0 Å². The fourth-order valence-electron chi connectivity index (χ4n) is 1.00. The minimum absolute atomic E-state index is 0.0194. The number of hydrogen-bond acceptors (Lipinski definition) is 2. The molecule has 0 radical (unpaired) electrons. The lowest BCUT2D eigenvalue weighted by atomic mass is 10.2. The predicted molar refractivity (Wildman–Crippen MR) is 46.2 cm³/mol. The molecule has 0 fully saturated rings. The van der Waals surface area contributed by atoms with Gasteiger partial charge in [0, 0.05) is 13.1 Å². The highest BCUT2D eigenvalue weighted by Gasteiger charge is 2.12. The zero-order chi connectivity index (χ0) is 8.85. The summed E-state index contributed by atoms with van der Waals surface area (Å²) in [6.45, 7) is 4.26. The highest BCUT2D eigenvalue weighted by Crippen LogP contribution is 2.02. The van der Waals surface area contributed by atoms with Crippen LogP contribution in [0.4, 0.5) is 0 Å². The molecule has 0 saturated carbocycles. The van der Waals surface area contributed by atoms with Crippen LogP contribution >= 0.6 is 0 Å². The highest BCUT2D eigenvalue weighted by atomic mass is 16.2. The van der Waals surface area contributed by atoms with Crippen molar-refractivity contribution in [2.75, 3.05) is 13.6 Å². The maximum absolute atomic E-state index is 11.0. The first-order valence-electron chi connectivity index (χ1n) is 4.09. The summed E-state index contributed by atoms with van der Waals surface area (Å²) in [5.41, 5.74) is 5.22. The number of carbonyl (C=O) groups is 1. The standard InChI is InChI=1S/C8H18N2O/c1-4-5-7(2)10(3)8(11)6-9/h7H,4-6,9H2,1-3H3/t7-/m0/s1. The Morgan fingerprint density at radius 1 is 1.64 bits per heavy atom. The third-order valence-electron chi connectivity index (χ3n) is 1.94. The van der Waals surface area contributed by atoms with Crippen molar-refractivity contribution < 1.29 is 4.79 Å². The summed E-state index contributed by atoms with van der Waals surface area (Å²) in [4.78, 5) is 12.7. The van der Waals surface area contributed by atoms with Gasteiger partial charge in [0.15, 0.2) is 0 Å². The topological polar surface area (TPSA) is 46.3 Å². The molecule has 1 amide bonds. The van der Waals surface area contributed by atoms with Crippen molar-refractivity contribution >= 4 is 5.91 Å². The van der Waals surface area contributed by atoms with Gasteiger partial charge in [0.25, 0.3) is 0 Å². The van der Waals surface area contributed by atoms with E-state index in [9.17, 15) is 4.79 Å². The van der Waals surface area contributed by atoms with Crippen molar-refractivity contribution in [3.63, 3.8) is 0 Å². The lowest BCUT2D eigenvalue weighted by Crippen LogP contribution is -2.38. The van der Waals surface area contributed by atoms with E-state index in [1.54, 1.807) is 11.9 Å². The molecule has 0 aliphatic heterocycles. The summed E-state index contributed by atoms with van der Waals surface area (Å²) in [6, 6.07) is 0.316. The number of nitrogens with two attached hydrogens (primary N) is 1. The third-order valence-corrected chi connectivity index (χ3v) is 1.94. The van der Waals surface area contributed by atoms with Gasteiger partial charge in [0.2, 0.25) is 5.91 Å². The van der Waals surface area contributed by atoms with Crippen LogP contribution in [0.2, 0.25) is 0 Å². The summed E-state index contributed by atoms with van der Waals surface area (Å²) in [5.74, 6) is 0.0194. The normalized spacial score (nSPS) is 12.7. The van der Waals surface area contributed by atoms with E-state index in [1.165, 1.54) is 0 Å². The SMILES string of the molecule is CCC[C@H](C)N(C)C(=O)CN. The lowest BCUT2D eigenvalue weighted by molar-refractivity contribution is -0.130. The molecule has 1 atom stereocenters. The van der Waals surface area contributed by atoms with E-state index in [2.05, 4.69) is 6.92 Å². The van der Waals surface area contributed by atoms with Gasteiger partial charge in [-0.3, -0.25) is 4.79 Å². The van der Waals surface area contributed by atoms with Gasteiger partial charge in [0.05, 0.1) is 6.54 Å². The second-order valence-corrected chi connectivity index (χ2v) is 2.85. The largest absolute Gasteiger partial charge is 0.342 e. The average molecular weight is 158 g/mol. The smallest absolute Gasteiger partial charge is 0.236 e. The molecule has 0 aromatic heterocycles. The van der Waals surface area contributed by atoms with E-state index < -0.39 is 0 Å². The van der Waals surface area contributed by atoms with Gasteiger partial charge in [-0.2, -0.15) is 0 Å². The molecular formula is C8H18N2O. The summed E-state index contributed by atoms with van der Waals surface area (Å²) >= 11 is 0. The first-order valence-corrected chi connectivity index (χ1v) is 4.09. The fraction of sp³-hybridized carbons (Fsp3) is 0.875. The van der Waals surface area contributed by atoms with Crippen LogP contribution in [-0.4, -0.2) is 30.4 Å². The Hall–Kier alpha value is -0.570. The van der Waals surface area contributed by atoms with Crippen molar-refractivity contribution in [2.45, 2.75) is 32.7 Å². The molecule has 3 heteroatoms. The molecular weight excluding hydrogens is 140 g/mol. The molecule has 66 valence electrons. The Balaban J connectivity index is 3.80. The van der Waals surface area contributed by atoms with E-state index in [1.807, 2.05) is 6.92 Å². The Morgan fingerprint density at radius 3 is 2.55 bits per heavy atom. The molecule has 0 bridgehead atoms. The maximum Gasteiger partial charge on any atom is 0.236 e. The van der Waals surface area contributed by atoms with Crippen LogP contribution in [0.25, 0.3) is 0 Å². The first-order chi connectivity index (χ1) is 5.13. The van der Waals surface area contributed by atoms with Gasteiger partial charge >= 0.3 is 0 Å². The van der Waals surface area contributed by atoms with Crippen LogP contribution in [0.15, 0.2) is 0 Å². The van der Waals surface area contributed by atoms with Crippen molar-refractivity contribution in [1.29, 1.82) is 0 Å². The van der Waals surface area contributed by atoms with Crippen LogP contribution in [-0.2, 0) is 4.79 Å². The lowest BCUT2D eigenvalue weighted by Gasteiger charge is -2.23. The quantitative estimate of drug-likeness (QED) is 0.651. The molecule has 0 aromatic carbocycles. The van der Waals surface area contributed by atoms with E-state index in [4.69, 9.17) is 5.73 Å². The fourth-order valence-corrected chi connectivity index (χ4v) is 1.00. The van der Waals surface area contributed by atoms with E-state index in [-0.39, 0.29) is 12.5 Å². The highest BCUT2D eigenvalue weighted by molar-refractivity contribution is 5.77. The second-order valence-electron chi connectivity index (χ2n) is 2.85. The molecule has 2 N–H and O–H groups in total. The van der Waals surface area contributed by atoms with E-state index in [0.717, 1.165) is 12.8 Å². The zero-order valence-corrected chi connectivity index (χ0v) is 7.63. The van der Waals surface area contributed by atoms with Crippen molar-refractivity contribution in [1.82, 2.24) is 4.90 Å².